The summed E-state index contributed by atoms with van der Waals surface area (Å²) in [5.41, 5.74) is -1.91. The average Bonchev–Trinajstić information content (AvgIpc) is 2.69. The number of hydrogen-bond donors (Lipinski definition) is 1. The van der Waals surface area contributed by atoms with Crippen LogP contribution in [0.15, 0.2) is 48.5 Å². The maximum Gasteiger partial charge on any atom is 0.416 e. The molecule has 0 saturated heterocycles. The minimum atomic E-state index is -4.75. The van der Waals surface area contributed by atoms with Crippen molar-refractivity contribution >= 4 is 23.3 Å². The molecule has 0 aliphatic carbocycles. The summed E-state index contributed by atoms with van der Waals surface area (Å²) in [6.07, 6.45) is -5.99. The second kappa shape index (κ2) is 9.25. The van der Waals surface area contributed by atoms with Gasteiger partial charge in [0.25, 0.3) is 11.6 Å². The summed E-state index contributed by atoms with van der Waals surface area (Å²) in [5, 5.41) is 13.5. The number of carbonyl (C=O) groups excluding carboxylic acids is 2. The molecule has 0 bridgehead atoms. The van der Waals surface area contributed by atoms with Crippen LogP contribution in [0.4, 0.5) is 24.5 Å². The van der Waals surface area contributed by atoms with Gasteiger partial charge in [-0.25, -0.2) is 0 Å². The maximum absolute atomic E-state index is 12.8. The Morgan fingerprint density at radius 2 is 1.80 bits per heavy atom. The second-order valence-corrected chi connectivity index (χ2v) is 6.35. The number of nitro groups is 1. The zero-order valence-corrected chi connectivity index (χ0v) is 16.0. The van der Waals surface area contributed by atoms with Crippen molar-refractivity contribution in [2.45, 2.75) is 12.3 Å². The number of carbonyl (C=O) groups is 2. The van der Waals surface area contributed by atoms with Crippen LogP contribution < -0.4 is 5.32 Å². The third kappa shape index (κ3) is 5.69. The van der Waals surface area contributed by atoms with E-state index in [1.165, 1.54) is 19.0 Å². The van der Waals surface area contributed by atoms with Gasteiger partial charge in [0.05, 0.1) is 10.5 Å². The molecule has 1 atom stereocenters. The summed E-state index contributed by atoms with van der Waals surface area (Å²) >= 11 is 0. The van der Waals surface area contributed by atoms with Crippen LogP contribution in [0.5, 0.6) is 0 Å². The summed E-state index contributed by atoms with van der Waals surface area (Å²) in [6, 6.07) is 10.1. The summed E-state index contributed by atoms with van der Waals surface area (Å²) in [5.74, 6) is -1.43. The fourth-order valence-corrected chi connectivity index (χ4v) is 2.47. The molecule has 160 valence electrons. The van der Waals surface area contributed by atoms with E-state index in [9.17, 15) is 32.9 Å². The third-order valence-corrected chi connectivity index (χ3v) is 3.96. The van der Waals surface area contributed by atoms with E-state index in [-0.39, 0.29) is 5.69 Å². The second-order valence-electron chi connectivity index (χ2n) is 6.35. The molecule has 0 aliphatic heterocycles. The van der Waals surface area contributed by atoms with Gasteiger partial charge in [0.1, 0.15) is 12.2 Å². The standard InChI is InChI=1S/C19H18F3N3O5/c1-24(2)18(27)17(12-6-4-3-5-7-12)30-16(26)11-23-14-9-8-13(19(20,21)22)10-15(14)25(28)29/h3-10,17,23H,11H2,1-2H3. The van der Waals surface area contributed by atoms with Crippen LogP contribution >= 0.6 is 0 Å². The number of likely N-dealkylation sites (N-methyl/N-ethyl adjacent to an activating group) is 1. The van der Waals surface area contributed by atoms with Gasteiger partial charge in [0, 0.05) is 25.7 Å². The lowest BCUT2D eigenvalue weighted by atomic mass is 10.1. The number of anilines is 1. The number of alkyl halides is 3. The Morgan fingerprint density at radius 3 is 2.33 bits per heavy atom. The Bertz CT molecular complexity index is 933. The van der Waals surface area contributed by atoms with E-state index in [2.05, 4.69) is 5.32 Å². The summed E-state index contributed by atoms with van der Waals surface area (Å²) in [7, 11) is 2.96. The van der Waals surface area contributed by atoms with E-state index in [0.29, 0.717) is 17.7 Å². The lowest BCUT2D eigenvalue weighted by molar-refractivity contribution is -0.384. The van der Waals surface area contributed by atoms with Gasteiger partial charge >= 0.3 is 12.1 Å². The van der Waals surface area contributed by atoms with Gasteiger partial charge in [-0.15, -0.1) is 0 Å². The fraction of sp³-hybridized carbons (Fsp3) is 0.263. The number of nitrogens with zero attached hydrogens (tertiary/aromatic N) is 2. The first-order valence-electron chi connectivity index (χ1n) is 8.55. The molecule has 0 aliphatic rings. The number of esters is 1. The van der Waals surface area contributed by atoms with Crippen LogP contribution in [0.1, 0.15) is 17.2 Å². The van der Waals surface area contributed by atoms with Crippen LogP contribution in [-0.4, -0.2) is 42.3 Å². The van der Waals surface area contributed by atoms with Crippen molar-refractivity contribution in [2.24, 2.45) is 0 Å². The first-order valence-corrected chi connectivity index (χ1v) is 8.55. The van der Waals surface area contributed by atoms with Crippen LogP contribution in [0.25, 0.3) is 0 Å². The van der Waals surface area contributed by atoms with Crippen molar-refractivity contribution in [1.29, 1.82) is 0 Å². The Hall–Kier alpha value is -3.63. The monoisotopic (exact) mass is 425 g/mol. The lowest BCUT2D eigenvalue weighted by Crippen LogP contribution is -2.32. The number of nitro benzene ring substituents is 1. The average molecular weight is 425 g/mol. The minimum Gasteiger partial charge on any atom is -0.446 e. The van der Waals surface area contributed by atoms with E-state index in [4.69, 9.17) is 4.74 Å². The third-order valence-electron chi connectivity index (χ3n) is 3.96. The van der Waals surface area contributed by atoms with Gasteiger partial charge in [-0.3, -0.25) is 19.7 Å². The Kier molecular flexibility index (Phi) is 6.98. The Balaban J connectivity index is 2.16. The number of amides is 1. The zero-order chi connectivity index (χ0) is 22.5. The molecule has 1 amide bonds. The van der Waals surface area contributed by atoms with Crippen molar-refractivity contribution in [3.8, 4) is 0 Å². The van der Waals surface area contributed by atoms with Gasteiger partial charge in [-0.1, -0.05) is 30.3 Å². The highest BCUT2D eigenvalue weighted by molar-refractivity contribution is 5.86. The van der Waals surface area contributed by atoms with E-state index < -0.39 is 46.9 Å². The fourth-order valence-electron chi connectivity index (χ4n) is 2.47. The Morgan fingerprint density at radius 1 is 1.17 bits per heavy atom. The molecule has 1 N–H and O–H groups in total. The first-order chi connectivity index (χ1) is 14.0. The normalized spacial score (nSPS) is 12.0. The molecule has 0 aromatic heterocycles. The largest absolute Gasteiger partial charge is 0.446 e. The SMILES string of the molecule is CN(C)C(=O)C(OC(=O)CNc1ccc(C(F)(F)F)cc1[N+](=O)[O-])c1ccccc1. The molecule has 11 heteroatoms. The van der Waals surface area contributed by atoms with Crippen molar-refractivity contribution < 1.29 is 32.4 Å². The molecule has 0 radical (unpaired) electrons. The molecule has 2 rings (SSSR count). The molecule has 0 heterocycles. The number of halogens is 3. The Labute approximate surface area is 169 Å². The van der Waals surface area contributed by atoms with Crippen molar-refractivity contribution in [3.63, 3.8) is 0 Å². The molecule has 1 unspecified atom stereocenters. The molecule has 2 aromatic rings. The highest BCUT2D eigenvalue weighted by Crippen LogP contribution is 2.35. The van der Waals surface area contributed by atoms with E-state index in [1.54, 1.807) is 30.3 Å². The van der Waals surface area contributed by atoms with Crippen LogP contribution in [0.2, 0.25) is 0 Å². The molecular weight excluding hydrogens is 407 g/mol. The minimum absolute atomic E-state index is 0.292. The molecule has 30 heavy (non-hydrogen) atoms. The van der Waals surface area contributed by atoms with Gasteiger partial charge < -0.3 is 15.0 Å². The highest BCUT2D eigenvalue weighted by atomic mass is 19.4. The van der Waals surface area contributed by atoms with Crippen molar-refractivity contribution in [1.82, 2.24) is 4.90 Å². The highest BCUT2D eigenvalue weighted by Gasteiger charge is 2.33. The van der Waals surface area contributed by atoms with Crippen molar-refractivity contribution in [3.05, 3.63) is 69.8 Å². The van der Waals surface area contributed by atoms with Gasteiger partial charge in [0.15, 0.2) is 0 Å². The molecule has 0 spiro atoms. The number of hydrogen-bond acceptors (Lipinski definition) is 6. The number of nitrogens with one attached hydrogen (secondary N) is 1. The number of ether oxygens (including phenoxy) is 1. The maximum atomic E-state index is 12.8. The van der Waals surface area contributed by atoms with Gasteiger partial charge in [-0.05, 0) is 12.1 Å². The number of rotatable bonds is 7. The summed E-state index contributed by atoms with van der Waals surface area (Å²) in [4.78, 5) is 35.9. The summed E-state index contributed by atoms with van der Waals surface area (Å²) < 4.78 is 43.5. The van der Waals surface area contributed by atoms with Crippen LogP contribution in [-0.2, 0) is 20.5 Å². The topological polar surface area (TPSA) is 102 Å². The van der Waals surface area contributed by atoms with E-state index in [0.717, 1.165) is 6.07 Å². The quantitative estimate of drug-likeness (QED) is 0.415. The molecule has 8 nitrogen and oxygen atoms in total. The van der Waals surface area contributed by atoms with E-state index in [1.807, 2.05) is 0 Å². The van der Waals surface area contributed by atoms with Gasteiger partial charge in [0.2, 0.25) is 6.10 Å². The predicted octanol–water partition coefficient (Wildman–Crippen LogP) is 3.40. The summed E-state index contributed by atoms with van der Waals surface area (Å²) in [6.45, 7) is -0.601. The van der Waals surface area contributed by atoms with Crippen LogP contribution in [0, 0.1) is 10.1 Å². The predicted molar refractivity (Wildman–Crippen MR) is 101 cm³/mol. The van der Waals surface area contributed by atoms with Gasteiger partial charge in [-0.2, -0.15) is 13.2 Å². The molecule has 2 aromatic carbocycles. The first kappa shape index (κ1) is 22.7. The zero-order valence-electron chi connectivity index (χ0n) is 16.0. The smallest absolute Gasteiger partial charge is 0.416 e. The molecule has 0 fully saturated rings. The van der Waals surface area contributed by atoms with Crippen molar-refractivity contribution in [2.75, 3.05) is 26.0 Å². The molecule has 0 saturated carbocycles. The van der Waals surface area contributed by atoms with Crippen LogP contribution in [0.3, 0.4) is 0 Å². The lowest BCUT2D eigenvalue weighted by Gasteiger charge is -2.21. The number of benzene rings is 2. The molecular formula is C19H18F3N3O5. The van der Waals surface area contributed by atoms with E-state index >= 15 is 0 Å².